The summed E-state index contributed by atoms with van der Waals surface area (Å²) in [5, 5.41) is 13.3. The summed E-state index contributed by atoms with van der Waals surface area (Å²) in [6.45, 7) is 0. The molecule has 0 aliphatic rings. The summed E-state index contributed by atoms with van der Waals surface area (Å²) in [5.41, 5.74) is 8.71. The van der Waals surface area contributed by atoms with Crippen LogP contribution in [0.3, 0.4) is 0 Å². The third kappa shape index (κ3) is 3.59. The van der Waals surface area contributed by atoms with Gasteiger partial charge in [-0.15, -0.1) is 5.10 Å². The van der Waals surface area contributed by atoms with Crippen molar-refractivity contribution in [2.45, 2.75) is 6.42 Å². The highest BCUT2D eigenvalue weighted by Crippen LogP contribution is 2.25. The van der Waals surface area contributed by atoms with Crippen molar-refractivity contribution in [3.8, 4) is 0 Å². The van der Waals surface area contributed by atoms with Crippen molar-refractivity contribution in [1.29, 1.82) is 0 Å². The summed E-state index contributed by atoms with van der Waals surface area (Å²) >= 11 is 0. The Balaban J connectivity index is 1.68. The van der Waals surface area contributed by atoms with Crippen LogP contribution in [-0.4, -0.2) is 21.1 Å². The van der Waals surface area contributed by atoms with Gasteiger partial charge in [0.15, 0.2) is 5.82 Å². The van der Waals surface area contributed by atoms with Crippen LogP contribution in [0.15, 0.2) is 73.1 Å². The van der Waals surface area contributed by atoms with E-state index in [4.69, 9.17) is 5.73 Å². The Morgan fingerprint density at radius 3 is 2.48 bits per heavy atom. The molecule has 6 nitrogen and oxygen atoms in total. The van der Waals surface area contributed by atoms with Gasteiger partial charge in [-0.25, -0.2) is 0 Å². The molecule has 0 spiro atoms. The predicted molar refractivity (Wildman–Crippen MR) is 105 cm³/mol. The van der Waals surface area contributed by atoms with Crippen LogP contribution in [0.1, 0.15) is 21.6 Å². The van der Waals surface area contributed by atoms with Crippen molar-refractivity contribution in [3.05, 3.63) is 89.9 Å². The topological polar surface area (TPSA) is 93.8 Å². The van der Waals surface area contributed by atoms with Gasteiger partial charge in [-0.2, -0.15) is 5.10 Å². The number of fused-ring (bicyclic) bond motifs is 1. The van der Waals surface area contributed by atoms with E-state index in [0.29, 0.717) is 23.5 Å². The van der Waals surface area contributed by atoms with Gasteiger partial charge in [0.2, 0.25) is 0 Å². The van der Waals surface area contributed by atoms with Crippen LogP contribution >= 0.6 is 0 Å². The molecule has 4 rings (SSSR count). The zero-order valence-electron chi connectivity index (χ0n) is 14.5. The highest BCUT2D eigenvalue weighted by atomic mass is 16.1. The number of anilines is 2. The van der Waals surface area contributed by atoms with Crippen molar-refractivity contribution >= 4 is 28.2 Å². The van der Waals surface area contributed by atoms with Crippen LogP contribution in [-0.2, 0) is 6.42 Å². The Labute approximate surface area is 156 Å². The van der Waals surface area contributed by atoms with E-state index < -0.39 is 0 Å². The lowest BCUT2D eigenvalue weighted by Gasteiger charge is -2.10. The molecule has 2 heterocycles. The number of nitrogen functional groups attached to an aromatic ring is 1. The predicted octanol–water partition coefficient (Wildman–Crippen LogP) is 3.45. The van der Waals surface area contributed by atoms with E-state index in [1.807, 2.05) is 36.4 Å². The number of aromatic nitrogens is 3. The van der Waals surface area contributed by atoms with Crippen LogP contribution in [0.25, 0.3) is 10.8 Å². The molecule has 132 valence electrons. The third-order valence-electron chi connectivity index (χ3n) is 4.27. The number of benzene rings is 2. The van der Waals surface area contributed by atoms with E-state index in [0.717, 1.165) is 22.0 Å². The van der Waals surface area contributed by atoms with Gasteiger partial charge in [0.25, 0.3) is 5.91 Å². The molecule has 0 aliphatic heterocycles. The second-order valence-electron chi connectivity index (χ2n) is 6.15. The first kappa shape index (κ1) is 16.7. The minimum absolute atomic E-state index is 0.274. The number of nitrogens with one attached hydrogen (secondary N) is 1. The number of carbonyl (C=O) groups excluding carboxylic acids is 1. The molecule has 6 heteroatoms. The number of amides is 1. The SMILES string of the molecule is Nc1cccc(C(=O)Nc2nnc(Cc3ccncc3)c3ccccc23)c1. The monoisotopic (exact) mass is 355 g/mol. The van der Waals surface area contributed by atoms with Gasteiger partial charge in [-0.05, 0) is 35.9 Å². The Morgan fingerprint density at radius 2 is 1.70 bits per heavy atom. The summed E-state index contributed by atoms with van der Waals surface area (Å²) in [4.78, 5) is 16.6. The second kappa shape index (κ2) is 7.21. The number of hydrogen-bond donors (Lipinski definition) is 2. The van der Waals surface area contributed by atoms with Crippen LogP contribution in [0.4, 0.5) is 11.5 Å². The fourth-order valence-corrected chi connectivity index (χ4v) is 2.94. The lowest BCUT2D eigenvalue weighted by atomic mass is 10.0. The summed E-state index contributed by atoms with van der Waals surface area (Å²) in [7, 11) is 0. The summed E-state index contributed by atoms with van der Waals surface area (Å²) in [6, 6.07) is 18.5. The number of nitrogens with zero attached hydrogens (tertiary/aromatic N) is 3. The van der Waals surface area contributed by atoms with Crippen LogP contribution in [0, 0.1) is 0 Å². The Bertz CT molecular complexity index is 1110. The zero-order chi connectivity index (χ0) is 18.6. The van der Waals surface area contributed by atoms with E-state index in [-0.39, 0.29) is 5.91 Å². The summed E-state index contributed by atoms with van der Waals surface area (Å²) in [6.07, 6.45) is 4.15. The fraction of sp³-hybridized carbons (Fsp3) is 0.0476. The molecule has 0 unspecified atom stereocenters. The largest absolute Gasteiger partial charge is 0.399 e. The Kier molecular flexibility index (Phi) is 4.45. The number of pyridine rings is 1. The fourth-order valence-electron chi connectivity index (χ4n) is 2.94. The molecule has 4 aromatic rings. The van der Waals surface area contributed by atoms with Gasteiger partial charge >= 0.3 is 0 Å². The van der Waals surface area contributed by atoms with E-state index in [1.54, 1.807) is 36.7 Å². The number of rotatable bonds is 4. The van der Waals surface area contributed by atoms with Crippen LogP contribution in [0.2, 0.25) is 0 Å². The van der Waals surface area contributed by atoms with Gasteiger partial charge in [0, 0.05) is 40.8 Å². The smallest absolute Gasteiger partial charge is 0.256 e. The average Bonchev–Trinajstić information content (AvgIpc) is 2.70. The maximum atomic E-state index is 12.5. The normalized spacial score (nSPS) is 10.7. The molecular formula is C21H17N5O. The first-order valence-electron chi connectivity index (χ1n) is 8.51. The molecule has 0 atom stereocenters. The molecule has 0 aliphatic carbocycles. The second-order valence-corrected chi connectivity index (χ2v) is 6.15. The van der Waals surface area contributed by atoms with E-state index in [1.165, 1.54) is 0 Å². The first-order chi connectivity index (χ1) is 13.2. The summed E-state index contributed by atoms with van der Waals surface area (Å²) < 4.78 is 0. The quantitative estimate of drug-likeness (QED) is 0.547. The molecule has 27 heavy (non-hydrogen) atoms. The zero-order valence-corrected chi connectivity index (χ0v) is 14.5. The highest BCUT2D eigenvalue weighted by Gasteiger charge is 2.13. The number of hydrogen-bond acceptors (Lipinski definition) is 5. The molecule has 2 aromatic carbocycles. The minimum atomic E-state index is -0.274. The van der Waals surface area contributed by atoms with Crippen LogP contribution < -0.4 is 11.1 Å². The Morgan fingerprint density at radius 1 is 0.926 bits per heavy atom. The molecule has 0 fully saturated rings. The number of nitrogens with two attached hydrogens (primary N) is 1. The van der Waals surface area contributed by atoms with Gasteiger partial charge in [0.05, 0.1) is 5.69 Å². The molecule has 0 bridgehead atoms. The summed E-state index contributed by atoms with van der Waals surface area (Å²) in [5.74, 6) is 0.153. The molecule has 0 radical (unpaired) electrons. The minimum Gasteiger partial charge on any atom is -0.399 e. The molecule has 0 saturated heterocycles. The van der Waals surface area contributed by atoms with E-state index >= 15 is 0 Å². The molecule has 3 N–H and O–H groups in total. The Hall–Kier alpha value is -3.80. The van der Waals surface area contributed by atoms with Gasteiger partial charge < -0.3 is 11.1 Å². The van der Waals surface area contributed by atoms with Gasteiger partial charge in [-0.1, -0.05) is 30.3 Å². The standard InChI is InChI=1S/C21H17N5O/c22-16-5-3-4-15(13-16)21(27)24-20-18-7-2-1-6-17(18)19(25-26-20)12-14-8-10-23-11-9-14/h1-11,13H,12,22H2,(H,24,26,27). The van der Waals surface area contributed by atoms with E-state index in [2.05, 4.69) is 20.5 Å². The number of carbonyl (C=O) groups is 1. The average molecular weight is 355 g/mol. The lowest BCUT2D eigenvalue weighted by Crippen LogP contribution is -2.14. The maximum absolute atomic E-state index is 12.5. The van der Waals surface area contributed by atoms with Crippen molar-refractivity contribution < 1.29 is 4.79 Å². The van der Waals surface area contributed by atoms with Gasteiger partial charge in [0.1, 0.15) is 0 Å². The molecular weight excluding hydrogens is 338 g/mol. The van der Waals surface area contributed by atoms with Crippen molar-refractivity contribution in [2.75, 3.05) is 11.1 Å². The maximum Gasteiger partial charge on any atom is 0.256 e. The van der Waals surface area contributed by atoms with Crippen LogP contribution in [0.5, 0.6) is 0 Å². The van der Waals surface area contributed by atoms with Gasteiger partial charge in [-0.3, -0.25) is 9.78 Å². The van der Waals surface area contributed by atoms with Crippen molar-refractivity contribution in [3.63, 3.8) is 0 Å². The molecule has 2 aromatic heterocycles. The van der Waals surface area contributed by atoms with E-state index in [9.17, 15) is 4.79 Å². The van der Waals surface area contributed by atoms with Crippen molar-refractivity contribution in [1.82, 2.24) is 15.2 Å². The third-order valence-corrected chi connectivity index (χ3v) is 4.27. The molecule has 0 saturated carbocycles. The van der Waals surface area contributed by atoms with Crippen molar-refractivity contribution in [2.24, 2.45) is 0 Å². The first-order valence-corrected chi connectivity index (χ1v) is 8.51. The highest BCUT2D eigenvalue weighted by molar-refractivity contribution is 6.08. The molecule has 1 amide bonds. The lowest BCUT2D eigenvalue weighted by molar-refractivity contribution is 0.102.